The molecule has 21 heavy (non-hydrogen) atoms. The van der Waals surface area contributed by atoms with Gasteiger partial charge in [-0.25, -0.2) is 0 Å². The standard InChI is InChI=1S/C8H5F3N4.C4H4N2/c9-8(10,11)7-3-5(14-15-7)6-4-12-1-2-13-6;1-2-6-4-3-5-1/h1-4H,(H,14,15);1-4H. The third-order valence-electron chi connectivity index (χ3n) is 2.19. The highest BCUT2D eigenvalue weighted by molar-refractivity contribution is 5.52. The molecule has 0 saturated heterocycles. The Kier molecular flexibility index (Phi) is 4.54. The summed E-state index contributed by atoms with van der Waals surface area (Å²) < 4.78 is 36.6. The lowest BCUT2D eigenvalue weighted by Crippen LogP contribution is -2.04. The Morgan fingerprint density at radius 1 is 0.810 bits per heavy atom. The minimum absolute atomic E-state index is 0.121. The van der Waals surface area contributed by atoms with E-state index in [1.807, 2.05) is 5.10 Å². The molecular formula is C12H9F3N6. The van der Waals surface area contributed by atoms with Gasteiger partial charge in [-0.1, -0.05) is 0 Å². The first-order valence-corrected chi connectivity index (χ1v) is 5.66. The number of H-pyrrole nitrogens is 1. The molecule has 3 heterocycles. The molecule has 0 aliphatic carbocycles. The molecule has 0 spiro atoms. The SMILES string of the molecule is FC(F)(F)c1cc(-c2cnccn2)n[nH]1.c1cnccn1. The monoisotopic (exact) mass is 294 g/mol. The quantitative estimate of drug-likeness (QED) is 0.745. The molecule has 0 aliphatic heterocycles. The average Bonchev–Trinajstić information content (AvgIpc) is 3.01. The molecular weight excluding hydrogens is 285 g/mol. The van der Waals surface area contributed by atoms with Crippen LogP contribution in [0.2, 0.25) is 0 Å². The van der Waals surface area contributed by atoms with Gasteiger partial charge < -0.3 is 0 Å². The van der Waals surface area contributed by atoms with E-state index in [-0.39, 0.29) is 5.69 Å². The van der Waals surface area contributed by atoms with Crippen molar-refractivity contribution in [2.75, 3.05) is 0 Å². The van der Waals surface area contributed by atoms with Gasteiger partial charge in [0.05, 0.1) is 6.20 Å². The summed E-state index contributed by atoms with van der Waals surface area (Å²) in [6.07, 6.45) is 6.29. The van der Waals surface area contributed by atoms with Crippen LogP contribution < -0.4 is 0 Å². The van der Waals surface area contributed by atoms with E-state index in [1.165, 1.54) is 18.6 Å². The van der Waals surface area contributed by atoms with Crippen molar-refractivity contribution in [2.24, 2.45) is 0 Å². The number of hydrogen-bond donors (Lipinski definition) is 1. The summed E-state index contributed by atoms with van der Waals surface area (Å²) in [5.41, 5.74) is -0.483. The number of aromatic nitrogens is 6. The van der Waals surface area contributed by atoms with Gasteiger partial charge in [0.2, 0.25) is 0 Å². The smallest absolute Gasteiger partial charge is 0.273 e. The molecule has 3 aromatic heterocycles. The van der Waals surface area contributed by atoms with Crippen molar-refractivity contribution in [1.29, 1.82) is 0 Å². The van der Waals surface area contributed by atoms with Gasteiger partial charge in [-0.3, -0.25) is 25.0 Å². The molecule has 6 nitrogen and oxygen atoms in total. The Morgan fingerprint density at radius 3 is 1.86 bits per heavy atom. The first-order chi connectivity index (χ1) is 10.1. The summed E-state index contributed by atoms with van der Waals surface area (Å²) in [5, 5.41) is 5.41. The van der Waals surface area contributed by atoms with Gasteiger partial charge in [0, 0.05) is 37.2 Å². The topological polar surface area (TPSA) is 80.2 Å². The van der Waals surface area contributed by atoms with Crippen LogP contribution in [0.4, 0.5) is 13.2 Å². The van der Waals surface area contributed by atoms with Crippen molar-refractivity contribution in [1.82, 2.24) is 30.1 Å². The summed E-state index contributed by atoms with van der Waals surface area (Å²) in [5.74, 6) is 0. The third-order valence-corrected chi connectivity index (χ3v) is 2.19. The van der Waals surface area contributed by atoms with Crippen LogP contribution >= 0.6 is 0 Å². The lowest BCUT2D eigenvalue weighted by molar-refractivity contribution is -0.141. The minimum atomic E-state index is -4.42. The Bertz CT molecular complexity index is 627. The lowest BCUT2D eigenvalue weighted by Gasteiger charge is -1.99. The van der Waals surface area contributed by atoms with Crippen molar-refractivity contribution >= 4 is 0 Å². The second kappa shape index (κ2) is 6.55. The van der Waals surface area contributed by atoms with Gasteiger partial charge in [-0.2, -0.15) is 18.3 Å². The molecule has 108 valence electrons. The predicted molar refractivity (Wildman–Crippen MR) is 66.6 cm³/mol. The van der Waals surface area contributed by atoms with Crippen LogP contribution in [-0.2, 0) is 6.18 Å². The Morgan fingerprint density at radius 2 is 1.43 bits per heavy atom. The fourth-order valence-corrected chi connectivity index (χ4v) is 1.28. The van der Waals surface area contributed by atoms with Crippen molar-refractivity contribution in [3.05, 3.63) is 55.1 Å². The van der Waals surface area contributed by atoms with E-state index in [0.29, 0.717) is 5.69 Å². The molecule has 3 aromatic rings. The second-order valence-corrected chi connectivity index (χ2v) is 3.65. The molecule has 1 N–H and O–H groups in total. The van der Waals surface area contributed by atoms with Gasteiger partial charge in [0.15, 0.2) is 0 Å². The summed E-state index contributed by atoms with van der Waals surface area (Å²) in [4.78, 5) is 15.0. The molecule has 0 aliphatic rings. The van der Waals surface area contributed by atoms with Crippen molar-refractivity contribution in [2.45, 2.75) is 6.18 Å². The molecule has 0 saturated carbocycles. The molecule has 0 atom stereocenters. The van der Waals surface area contributed by atoms with Gasteiger partial charge in [0.25, 0.3) is 0 Å². The summed E-state index contributed by atoms with van der Waals surface area (Å²) in [7, 11) is 0. The third kappa shape index (κ3) is 4.34. The van der Waals surface area contributed by atoms with Crippen molar-refractivity contribution in [3.63, 3.8) is 0 Å². The number of hydrogen-bond acceptors (Lipinski definition) is 5. The molecule has 3 rings (SSSR count). The van der Waals surface area contributed by atoms with Crippen LogP contribution in [0.15, 0.2) is 49.4 Å². The number of nitrogens with one attached hydrogen (secondary N) is 1. The zero-order chi connectivity index (χ0) is 15.1. The molecule has 0 radical (unpaired) electrons. The summed E-state index contributed by atoms with van der Waals surface area (Å²) in [6, 6.07) is 0.893. The molecule has 0 bridgehead atoms. The van der Waals surface area contributed by atoms with E-state index >= 15 is 0 Å². The highest BCUT2D eigenvalue weighted by atomic mass is 19.4. The van der Waals surface area contributed by atoms with Crippen LogP contribution in [0.3, 0.4) is 0 Å². The van der Waals surface area contributed by atoms with Crippen molar-refractivity contribution < 1.29 is 13.2 Å². The van der Waals surface area contributed by atoms with E-state index in [4.69, 9.17) is 0 Å². The van der Waals surface area contributed by atoms with E-state index < -0.39 is 11.9 Å². The van der Waals surface area contributed by atoms with E-state index in [0.717, 1.165) is 6.07 Å². The number of rotatable bonds is 1. The Labute approximate surface area is 117 Å². The van der Waals surface area contributed by atoms with Gasteiger partial charge in [-0.05, 0) is 6.07 Å². The minimum Gasteiger partial charge on any atom is -0.273 e. The van der Waals surface area contributed by atoms with E-state index in [1.54, 1.807) is 24.8 Å². The number of alkyl halides is 3. The summed E-state index contributed by atoms with van der Waals surface area (Å²) >= 11 is 0. The van der Waals surface area contributed by atoms with Gasteiger partial charge >= 0.3 is 6.18 Å². The molecule has 0 fully saturated rings. The predicted octanol–water partition coefficient (Wildman–Crippen LogP) is 2.36. The van der Waals surface area contributed by atoms with Crippen LogP contribution in [-0.4, -0.2) is 30.1 Å². The maximum absolute atomic E-state index is 12.2. The highest BCUT2D eigenvalue weighted by Crippen LogP contribution is 2.29. The van der Waals surface area contributed by atoms with Crippen LogP contribution in [0.5, 0.6) is 0 Å². The fraction of sp³-hybridized carbons (Fsp3) is 0.0833. The van der Waals surface area contributed by atoms with Gasteiger partial charge in [0.1, 0.15) is 17.1 Å². The fourth-order valence-electron chi connectivity index (χ4n) is 1.28. The number of nitrogens with zero attached hydrogens (tertiary/aromatic N) is 5. The van der Waals surface area contributed by atoms with Crippen LogP contribution in [0.1, 0.15) is 5.69 Å². The van der Waals surface area contributed by atoms with Crippen molar-refractivity contribution in [3.8, 4) is 11.4 Å². The molecule has 0 aromatic carbocycles. The highest BCUT2D eigenvalue weighted by Gasteiger charge is 2.33. The lowest BCUT2D eigenvalue weighted by atomic mass is 10.3. The molecule has 0 amide bonds. The second-order valence-electron chi connectivity index (χ2n) is 3.65. The van der Waals surface area contributed by atoms with E-state index in [2.05, 4.69) is 25.0 Å². The summed E-state index contributed by atoms with van der Waals surface area (Å²) in [6.45, 7) is 0. The number of aromatic amines is 1. The average molecular weight is 294 g/mol. The largest absolute Gasteiger partial charge is 0.432 e. The first kappa shape index (κ1) is 14.6. The van der Waals surface area contributed by atoms with Gasteiger partial charge in [-0.15, -0.1) is 0 Å². The molecule has 9 heteroatoms. The Balaban J connectivity index is 0.000000225. The first-order valence-electron chi connectivity index (χ1n) is 5.66. The normalized spacial score (nSPS) is 10.6. The number of halogens is 3. The van der Waals surface area contributed by atoms with E-state index in [9.17, 15) is 13.2 Å². The maximum Gasteiger partial charge on any atom is 0.432 e. The zero-order valence-electron chi connectivity index (χ0n) is 10.5. The molecule has 0 unspecified atom stereocenters. The maximum atomic E-state index is 12.2. The van der Waals surface area contributed by atoms with Crippen LogP contribution in [0, 0.1) is 0 Å². The Hall–Kier alpha value is -2.84. The van der Waals surface area contributed by atoms with Crippen LogP contribution in [0.25, 0.3) is 11.4 Å². The zero-order valence-corrected chi connectivity index (χ0v) is 10.5.